The van der Waals surface area contributed by atoms with E-state index in [2.05, 4.69) is 0 Å². The Labute approximate surface area is 156 Å². The number of carbonyl (C=O) groups is 3. The van der Waals surface area contributed by atoms with Gasteiger partial charge in [-0.15, -0.1) is 11.3 Å². The van der Waals surface area contributed by atoms with Crippen LogP contribution in [0.15, 0.2) is 53.9 Å². The zero-order valence-corrected chi connectivity index (χ0v) is 15.2. The molecule has 2 aromatic rings. The molecule has 0 atom stereocenters. The van der Waals surface area contributed by atoms with Gasteiger partial charge in [0.1, 0.15) is 6.29 Å². The Morgan fingerprint density at radius 1 is 1.12 bits per heavy atom. The largest absolute Gasteiger partial charge is 0.383 e. The van der Waals surface area contributed by atoms with E-state index in [1.54, 1.807) is 23.6 Å². The zero-order valence-electron chi connectivity index (χ0n) is 14.4. The van der Waals surface area contributed by atoms with E-state index in [1.807, 2.05) is 30.3 Å². The Morgan fingerprint density at radius 2 is 1.88 bits per heavy atom. The molecular weight excluding hydrogens is 352 g/mol. The number of nitrogens with zero attached hydrogens (tertiary/aromatic N) is 2. The molecule has 6 nitrogen and oxygen atoms in total. The number of methoxy groups -OCH3 is 1. The van der Waals surface area contributed by atoms with Crippen LogP contribution in [0.25, 0.3) is 6.08 Å². The topological polar surface area (TPSA) is 66.9 Å². The Morgan fingerprint density at radius 3 is 2.50 bits per heavy atom. The van der Waals surface area contributed by atoms with Gasteiger partial charge in [-0.3, -0.25) is 9.59 Å². The average molecular weight is 372 g/mol. The van der Waals surface area contributed by atoms with Crippen molar-refractivity contribution in [2.24, 2.45) is 0 Å². The Balaban J connectivity index is 2.23. The van der Waals surface area contributed by atoms with Crippen LogP contribution in [0.4, 0.5) is 0 Å². The maximum atomic E-state index is 12.8. The van der Waals surface area contributed by atoms with Crippen LogP contribution in [-0.4, -0.2) is 54.9 Å². The number of amides is 2. The molecule has 0 saturated heterocycles. The lowest BCUT2D eigenvalue weighted by molar-refractivity contribution is -0.142. The summed E-state index contributed by atoms with van der Waals surface area (Å²) in [5.41, 5.74) is 0.847. The van der Waals surface area contributed by atoms with Crippen LogP contribution in [0, 0.1) is 0 Å². The van der Waals surface area contributed by atoms with Crippen LogP contribution in [0.5, 0.6) is 0 Å². The molecule has 0 fully saturated rings. The van der Waals surface area contributed by atoms with Gasteiger partial charge in [-0.1, -0.05) is 36.4 Å². The van der Waals surface area contributed by atoms with Crippen molar-refractivity contribution < 1.29 is 19.1 Å². The van der Waals surface area contributed by atoms with Crippen molar-refractivity contribution in [1.82, 2.24) is 10.0 Å². The van der Waals surface area contributed by atoms with Gasteiger partial charge in [0, 0.05) is 13.2 Å². The summed E-state index contributed by atoms with van der Waals surface area (Å²) in [6, 6.07) is 12.7. The molecule has 0 unspecified atom stereocenters. The van der Waals surface area contributed by atoms with Gasteiger partial charge in [0.05, 0.1) is 24.6 Å². The highest BCUT2D eigenvalue weighted by molar-refractivity contribution is 7.12. The van der Waals surface area contributed by atoms with E-state index in [0.717, 1.165) is 10.6 Å². The molecule has 2 rings (SSSR count). The van der Waals surface area contributed by atoms with E-state index >= 15 is 0 Å². The molecule has 1 aromatic heterocycles. The first kappa shape index (κ1) is 19.6. The number of benzene rings is 1. The molecule has 2 amide bonds. The quantitative estimate of drug-likeness (QED) is 0.406. The van der Waals surface area contributed by atoms with Gasteiger partial charge in [0.25, 0.3) is 11.8 Å². The first-order chi connectivity index (χ1) is 12.7. The zero-order chi connectivity index (χ0) is 18.8. The Kier molecular flexibility index (Phi) is 7.73. The third kappa shape index (κ3) is 5.37. The fourth-order valence-corrected chi connectivity index (χ4v) is 2.90. The van der Waals surface area contributed by atoms with Crippen LogP contribution in [0.2, 0.25) is 0 Å². The summed E-state index contributed by atoms with van der Waals surface area (Å²) in [7, 11) is 1.51. The second-order valence-corrected chi connectivity index (χ2v) is 6.18. The average Bonchev–Trinajstić information content (AvgIpc) is 3.21. The number of hydrogen-bond donors (Lipinski definition) is 0. The standard InChI is InChI=1S/C19H20N2O4S/c1-25-14-12-21(19(24)17-8-5-15-26-17)20(11-13-22)18(23)10-9-16-6-3-2-4-7-16/h2-10,13,15H,11-12,14H2,1H3. The Bertz CT molecular complexity index is 744. The van der Waals surface area contributed by atoms with Crippen LogP contribution in [0.1, 0.15) is 15.2 Å². The fourth-order valence-electron chi connectivity index (χ4n) is 2.23. The molecular formula is C19H20N2O4S. The molecule has 0 aliphatic carbocycles. The Hall–Kier alpha value is -2.77. The lowest BCUT2D eigenvalue weighted by Crippen LogP contribution is -2.51. The number of aldehydes is 1. The van der Waals surface area contributed by atoms with E-state index in [9.17, 15) is 14.4 Å². The smallest absolute Gasteiger partial charge is 0.282 e. The first-order valence-corrected chi connectivity index (χ1v) is 8.87. The lowest BCUT2D eigenvalue weighted by atomic mass is 10.2. The highest BCUT2D eigenvalue weighted by atomic mass is 32.1. The normalized spacial score (nSPS) is 10.7. The molecule has 1 aromatic carbocycles. The number of thiophene rings is 1. The minimum absolute atomic E-state index is 0.159. The van der Waals surface area contributed by atoms with Gasteiger partial charge in [-0.05, 0) is 23.1 Å². The molecule has 0 aliphatic heterocycles. The summed E-state index contributed by atoms with van der Waals surface area (Å²) in [6.45, 7) is 0.174. The summed E-state index contributed by atoms with van der Waals surface area (Å²) >= 11 is 1.27. The van der Waals surface area contributed by atoms with E-state index in [-0.39, 0.29) is 25.6 Å². The van der Waals surface area contributed by atoms with Gasteiger partial charge >= 0.3 is 0 Å². The number of ether oxygens (including phenoxy) is 1. The monoisotopic (exact) mass is 372 g/mol. The van der Waals surface area contributed by atoms with Gasteiger partial charge in [-0.2, -0.15) is 0 Å². The number of rotatable bonds is 8. The molecule has 0 N–H and O–H groups in total. The maximum Gasteiger partial charge on any atom is 0.282 e. The van der Waals surface area contributed by atoms with Gasteiger partial charge < -0.3 is 9.53 Å². The first-order valence-electron chi connectivity index (χ1n) is 8.00. The molecule has 136 valence electrons. The van der Waals surface area contributed by atoms with Crippen molar-refractivity contribution in [2.75, 3.05) is 26.8 Å². The number of hydrogen-bond acceptors (Lipinski definition) is 5. The summed E-state index contributed by atoms with van der Waals surface area (Å²) < 4.78 is 5.04. The molecule has 0 radical (unpaired) electrons. The van der Waals surface area contributed by atoms with Crippen LogP contribution in [-0.2, 0) is 14.3 Å². The summed E-state index contributed by atoms with van der Waals surface area (Å²) in [5.74, 6) is -0.803. The second kappa shape index (κ2) is 10.3. The summed E-state index contributed by atoms with van der Waals surface area (Å²) in [5, 5.41) is 4.16. The molecule has 0 aliphatic rings. The van der Waals surface area contributed by atoms with Crippen molar-refractivity contribution in [3.05, 3.63) is 64.4 Å². The van der Waals surface area contributed by atoms with Crippen molar-refractivity contribution in [1.29, 1.82) is 0 Å². The SMILES string of the molecule is COCCN(C(=O)c1cccs1)N(CC=O)C(=O)C=Cc1ccccc1. The van der Waals surface area contributed by atoms with Crippen molar-refractivity contribution in [3.63, 3.8) is 0 Å². The summed E-state index contributed by atoms with van der Waals surface area (Å²) in [6.07, 6.45) is 3.58. The third-order valence-electron chi connectivity index (χ3n) is 3.48. The molecule has 26 heavy (non-hydrogen) atoms. The minimum atomic E-state index is -0.457. The van der Waals surface area contributed by atoms with Crippen molar-refractivity contribution >= 4 is 35.5 Å². The van der Waals surface area contributed by atoms with Crippen LogP contribution < -0.4 is 0 Å². The van der Waals surface area contributed by atoms with Gasteiger partial charge in [0.2, 0.25) is 0 Å². The van der Waals surface area contributed by atoms with E-state index in [0.29, 0.717) is 11.2 Å². The molecule has 0 bridgehead atoms. The van der Waals surface area contributed by atoms with Gasteiger partial charge in [0.15, 0.2) is 0 Å². The second-order valence-electron chi connectivity index (χ2n) is 5.23. The molecule has 7 heteroatoms. The molecule has 0 spiro atoms. The minimum Gasteiger partial charge on any atom is -0.383 e. The van der Waals surface area contributed by atoms with E-state index in [1.165, 1.54) is 29.5 Å². The molecule has 1 heterocycles. The maximum absolute atomic E-state index is 12.8. The highest BCUT2D eigenvalue weighted by Gasteiger charge is 2.26. The van der Waals surface area contributed by atoms with E-state index in [4.69, 9.17) is 4.74 Å². The van der Waals surface area contributed by atoms with Crippen LogP contribution >= 0.6 is 11.3 Å². The molecule has 0 saturated carbocycles. The van der Waals surface area contributed by atoms with Crippen molar-refractivity contribution in [3.8, 4) is 0 Å². The predicted molar refractivity (Wildman–Crippen MR) is 100 cm³/mol. The van der Waals surface area contributed by atoms with Gasteiger partial charge in [-0.25, -0.2) is 10.0 Å². The fraction of sp³-hybridized carbons (Fsp3) is 0.211. The number of carbonyl (C=O) groups excluding carboxylic acids is 3. The van der Waals surface area contributed by atoms with Crippen molar-refractivity contribution in [2.45, 2.75) is 0 Å². The summed E-state index contributed by atoms with van der Waals surface area (Å²) in [4.78, 5) is 37.0. The van der Waals surface area contributed by atoms with Crippen LogP contribution in [0.3, 0.4) is 0 Å². The van der Waals surface area contributed by atoms with E-state index < -0.39 is 5.91 Å². The highest BCUT2D eigenvalue weighted by Crippen LogP contribution is 2.14. The predicted octanol–water partition coefficient (Wildman–Crippen LogP) is 2.49. The lowest BCUT2D eigenvalue weighted by Gasteiger charge is -2.32. The number of hydrazine groups is 1. The third-order valence-corrected chi connectivity index (χ3v) is 4.34.